The second-order valence-corrected chi connectivity index (χ2v) is 5.95. The molecule has 0 aliphatic carbocycles. The van der Waals surface area contributed by atoms with E-state index in [9.17, 15) is 9.59 Å². The second-order valence-electron chi connectivity index (χ2n) is 5.54. The van der Waals surface area contributed by atoms with Crippen LogP contribution in [0.4, 0.5) is 5.69 Å². The molecule has 9 heteroatoms. The van der Waals surface area contributed by atoms with Gasteiger partial charge < -0.3 is 15.5 Å². The molecule has 0 aliphatic rings. The quantitative estimate of drug-likeness (QED) is 0.658. The number of aromatic nitrogens is 3. The van der Waals surface area contributed by atoms with E-state index in [2.05, 4.69) is 15.4 Å². The smallest absolute Gasteiger partial charge is 0.239 e. The number of carbonyl (C=O) groups is 2. The zero-order valence-electron chi connectivity index (χ0n) is 13.7. The molecule has 0 unspecified atom stereocenters. The van der Waals surface area contributed by atoms with Gasteiger partial charge in [0.15, 0.2) is 11.7 Å². The normalized spacial score (nSPS) is 10.7. The van der Waals surface area contributed by atoms with E-state index in [1.807, 2.05) is 18.2 Å². The van der Waals surface area contributed by atoms with Gasteiger partial charge in [-0.25, -0.2) is 4.98 Å². The Labute approximate surface area is 154 Å². The van der Waals surface area contributed by atoms with Crippen molar-refractivity contribution in [3.63, 3.8) is 0 Å². The average molecular weight is 374 g/mol. The molecule has 3 aromatic rings. The van der Waals surface area contributed by atoms with E-state index in [4.69, 9.17) is 21.8 Å². The zero-order chi connectivity index (χ0) is 18.5. The van der Waals surface area contributed by atoms with Gasteiger partial charge in [0, 0.05) is 24.6 Å². The maximum atomic E-state index is 12.0. The van der Waals surface area contributed by atoms with Gasteiger partial charge in [-0.1, -0.05) is 23.7 Å². The van der Waals surface area contributed by atoms with Gasteiger partial charge in [-0.15, -0.1) is 0 Å². The first-order valence-electron chi connectivity index (χ1n) is 7.81. The highest BCUT2D eigenvalue weighted by molar-refractivity contribution is 6.33. The number of benzene rings is 1. The van der Waals surface area contributed by atoms with E-state index in [0.29, 0.717) is 28.8 Å². The predicted molar refractivity (Wildman–Crippen MR) is 95.3 cm³/mol. The van der Waals surface area contributed by atoms with E-state index in [1.165, 1.54) is 17.1 Å². The Morgan fingerprint density at radius 2 is 2.08 bits per heavy atom. The summed E-state index contributed by atoms with van der Waals surface area (Å²) in [5.41, 5.74) is 6.32. The highest BCUT2D eigenvalue weighted by Gasteiger charge is 2.12. The minimum Gasteiger partial charge on any atom is -0.441 e. The van der Waals surface area contributed by atoms with Crippen molar-refractivity contribution in [2.45, 2.75) is 19.4 Å². The average Bonchev–Trinajstić information content (AvgIpc) is 3.22. The lowest BCUT2D eigenvalue weighted by Gasteiger charge is -2.01. The molecule has 0 saturated carbocycles. The predicted octanol–water partition coefficient (Wildman–Crippen LogP) is 2.25. The summed E-state index contributed by atoms with van der Waals surface area (Å²) >= 11 is 6.13. The number of nitrogens with two attached hydrogens (primary N) is 1. The Bertz CT molecular complexity index is 934. The van der Waals surface area contributed by atoms with Crippen molar-refractivity contribution in [2.24, 2.45) is 5.73 Å². The van der Waals surface area contributed by atoms with Gasteiger partial charge in [-0.3, -0.25) is 14.3 Å². The summed E-state index contributed by atoms with van der Waals surface area (Å²) in [4.78, 5) is 27.0. The number of anilines is 1. The molecular weight excluding hydrogens is 358 g/mol. The number of halogens is 1. The highest BCUT2D eigenvalue weighted by Crippen LogP contribution is 2.28. The third-order valence-electron chi connectivity index (χ3n) is 3.49. The first-order chi connectivity index (χ1) is 12.5. The molecule has 0 saturated heterocycles. The third kappa shape index (κ3) is 4.48. The lowest BCUT2D eigenvalue weighted by Crippen LogP contribution is -2.18. The molecule has 8 nitrogen and oxygen atoms in total. The van der Waals surface area contributed by atoms with Crippen LogP contribution in [0.3, 0.4) is 0 Å². The summed E-state index contributed by atoms with van der Waals surface area (Å²) in [7, 11) is 0. The van der Waals surface area contributed by atoms with Crippen LogP contribution in [0.25, 0.3) is 11.3 Å². The van der Waals surface area contributed by atoms with Crippen molar-refractivity contribution in [2.75, 3.05) is 5.32 Å². The summed E-state index contributed by atoms with van der Waals surface area (Å²) in [5, 5.41) is 7.19. The molecule has 134 valence electrons. The number of oxazole rings is 1. The minimum atomic E-state index is -0.510. The van der Waals surface area contributed by atoms with Gasteiger partial charge in [-0.05, 0) is 12.1 Å². The zero-order valence-corrected chi connectivity index (χ0v) is 14.4. The van der Waals surface area contributed by atoms with Crippen LogP contribution in [0.2, 0.25) is 5.02 Å². The van der Waals surface area contributed by atoms with E-state index >= 15 is 0 Å². The Hall–Kier alpha value is -3.13. The van der Waals surface area contributed by atoms with Crippen LogP contribution in [0.15, 0.2) is 47.3 Å². The van der Waals surface area contributed by atoms with Crippen LogP contribution in [0.5, 0.6) is 0 Å². The van der Waals surface area contributed by atoms with Gasteiger partial charge in [0.05, 0.1) is 23.1 Å². The van der Waals surface area contributed by atoms with Crippen LogP contribution in [-0.2, 0) is 22.6 Å². The van der Waals surface area contributed by atoms with E-state index < -0.39 is 5.91 Å². The van der Waals surface area contributed by atoms with Crippen LogP contribution in [0.1, 0.15) is 12.3 Å². The number of hydrogen-bond donors (Lipinski definition) is 2. The molecule has 3 N–H and O–H groups in total. The Balaban J connectivity index is 1.54. The highest BCUT2D eigenvalue weighted by atomic mass is 35.5. The third-order valence-corrected chi connectivity index (χ3v) is 3.82. The molecule has 0 radical (unpaired) electrons. The molecule has 0 aliphatic heterocycles. The summed E-state index contributed by atoms with van der Waals surface area (Å²) in [5.74, 6) is 0.267. The number of aryl methyl sites for hydroxylation is 1. The van der Waals surface area contributed by atoms with Crippen molar-refractivity contribution in [1.29, 1.82) is 0 Å². The summed E-state index contributed by atoms with van der Waals surface area (Å²) in [6.45, 7) is -0.0446. The number of carbonyl (C=O) groups excluding carboxylic acids is 2. The number of rotatable bonds is 7. The van der Waals surface area contributed by atoms with Gasteiger partial charge in [0.1, 0.15) is 6.54 Å². The SMILES string of the molecule is NC(=O)Cn1cc(NC(=O)CCc2ncc(-c3ccccc3Cl)o2)cn1. The van der Waals surface area contributed by atoms with E-state index in [0.717, 1.165) is 5.56 Å². The van der Waals surface area contributed by atoms with Crippen molar-refractivity contribution in [3.05, 3.63) is 53.8 Å². The minimum absolute atomic E-state index is 0.0446. The first kappa shape index (κ1) is 17.7. The molecule has 0 spiro atoms. The largest absolute Gasteiger partial charge is 0.441 e. The number of nitrogens with one attached hydrogen (secondary N) is 1. The fourth-order valence-electron chi connectivity index (χ4n) is 2.33. The van der Waals surface area contributed by atoms with Crippen molar-refractivity contribution < 1.29 is 14.0 Å². The molecular formula is C17H16ClN5O3. The molecule has 1 aromatic carbocycles. The van der Waals surface area contributed by atoms with Crippen LogP contribution >= 0.6 is 11.6 Å². The molecule has 2 aromatic heterocycles. The lowest BCUT2D eigenvalue weighted by atomic mass is 10.2. The van der Waals surface area contributed by atoms with Gasteiger partial charge in [0.25, 0.3) is 0 Å². The van der Waals surface area contributed by atoms with Crippen molar-refractivity contribution >= 4 is 29.1 Å². The van der Waals surface area contributed by atoms with Crippen molar-refractivity contribution in [1.82, 2.24) is 14.8 Å². The standard InChI is InChI=1S/C17H16ClN5O3/c18-13-4-2-1-3-12(13)14-8-20-17(26-14)6-5-16(25)22-11-7-21-23(9-11)10-15(19)24/h1-4,7-9H,5-6,10H2,(H2,19,24)(H,22,25). The lowest BCUT2D eigenvalue weighted by molar-refractivity contribution is -0.118. The van der Waals surface area contributed by atoms with E-state index in [1.54, 1.807) is 12.3 Å². The number of primary amides is 1. The van der Waals surface area contributed by atoms with Crippen LogP contribution in [0, 0.1) is 0 Å². The molecule has 3 rings (SSSR count). The topological polar surface area (TPSA) is 116 Å². The number of hydrogen-bond acceptors (Lipinski definition) is 5. The maximum Gasteiger partial charge on any atom is 0.239 e. The molecule has 2 amide bonds. The molecule has 2 heterocycles. The second kappa shape index (κ2) is 7.83. The number of nitrogens with zero attached hydrogens (tertiary/aromatic N) is 3. The summed E-state index contributed by atoms with van der Waals surface area (Å²) < 4.78 is 7.00. The maximum absolute atomic E-state index is 12.0. The molecule has 26 heavy (non-hydrogen) atoms. The molecule has 0 fully saturated rings. The van der Waals surface area contributed by atoms with Crippen LogP contribution < -0.4 is 11.1 Å². The Morgan fingerprint density at radius 1 is 1.27 bits per heavy atom. The first-order valence-corrected chi connectivity index (χ1v) is 8.19. The summed E-state index contributed by atoms with van der Waals surface area (Å²) in [6, 6.07) is 7.29. The van der Waals surface area contributed by atoms with Gasteiger partial charge in [0.2, 0.25) is 11.8 Å². The molecule has 0 bridgehead atoms. The van der Waals surface area contributed by atoms with Crippen molar-refractivity contribution in [3.8, 4) is 11.3 Å². The van der Waals surface area contributed by atoms with Crippen LogP contribution in [-0.4, -0.2) is 26.6 Å². The van der Waals surface area contributed by atoms with E-state index in [-0.39, 0.29) is 18.9 Å². The summed E-state index contributed by atoms with van der Waals surface area (Å²) in [6.07, 6.45) is 5.09. The van der Waals surface area contributed by atoms with Gasteiger partial charge >= 0.3 is 0 Å². The fourth-order valence-corrected chi connectivity index (χ4v) is 2.56. The Morgan fingerprint density at radius 3 is 2.85 bits per heavy atom. The number of amides is 2. The monoisotopic (exact) mass is 373 g/mol. The van der Waals surface area contributed by atoms with Gasteiger partial charge in [-0.2, -0.15) is 5.10 Å². The molecule has 0 atom stereocenters. The fraction of sp³-hybridized carbons (Fsp3) is 0.176. The Kier molecular flexibility index (Phi) is 5.33.